The number of aryl methyl sites for hydroxylation is 3. The molecule has 0 saturated carbocycles. The Labute approximate surface area is 115 Å². The fraction of sp³-hybridized carbons (Fsp3) is 0.308. The zero-order chi connectivity index (χ0) is 14.9. The van der Waals surface area contributed by atoms with E-state index in [1.54, 1.807) is 21.4 Å². The molecule has 2 aromatic rings. The van der Waals surface area contributed by atoms with Crippen molar-refractivity contribution in [2.24, 2.45) is 17.9 Å². The molecule has 2 heterocycles. The normalized spacial score (nSPS) is 11.8. The second kappa shape index (κ2) is 5.20. The maximum Gasteiger partial charge on any atom is 0.262 e. The monoisotopic (exact) mass is 275 g/mol. The Morgan fingerprint density at radius 2 is 2.15 bits per heavy atom. The minimum absolute atomic E-state index is 0.178. The Bertz CT molecular complexity index is 727. The number of aromatic nitrogens is 3. The van der Waals surface area contributed by atoms with E-state index in [2.05, 4.69) is 10.3 Å². The van der Waals surface area contributed by atoms with Crippen LogP contribution in [-0.2, 0) is 13.6 Å². The highest BCUT2D eigenvalue weighted by Gasteiger charge is 2.12. The van der Waals surface area contributed by atoms with Crippen LogP contribution in [0, 0.1) is 13.8 Å². The van der Waals surface area contributed by atoms with E-state index in [0.717, 1.165) is 17.1 Å². The van der Waals surface area contributed by atoms with E-state index >= 15 is 0 Å². The minimum Gasteiger partial charge on any atom is -0.409 e. The third kappa shape index (κ3) is 2.42. The minimum atomic E-state index is -0.292. The van der Waals surface area contributed by atoms with Crippen LogP contribution in [-0.4, -0.2) is 25.4 Å². The molecule has 0 radical (unpaired) electrons. The summed E-state index contributed by atoms with van der Waals surface area (Å²) in [6.45, 7) is 4.11. The van der Waals surface area contributed by atoms with Crippen LogP contribution in [0.1, 0.15) is 22.6 Å². The maximum absolute atomic E-state index is 12.4. The lowest BCUT2D eigenvalue weighted by atomic mass is 10.2. The summed E-state index contributed by atoms with van der Waals surface area (Å²) >= 11 is 0. The van der Waals surface area contributed by atoms with Gasteiger partial charge >= 0.3 is 0 Å². The average Bonchev–Trinajstić information content (AvgIpc) is 2.72. The van der Waals surface area contributed by atoms with Gasteiger partial charge in [0.2, 0.25) is 0 Å². The van der Waals surface area contributed by atoms with E-state index in [0.29, 0.717) is 6.54 Å². The van der Waals surface area contributed by atoms with Gasteiger partial charge in [0.15, 0.2) is 5.84 Å². The van der Waals surface area contributed by atoms with Gasteiger partial charge in [-0.1, -0.05) is 5.16 Å². The maximum atomic E-state index is 12.4. The molecule has 0 atom stereocenters. The van der Waals surface area contributed by atoms with Crippen molar-refractivity contribution in [3.05, 3.63) is 51.2 Å². The molecular weight excluding hydrogens is 258 g/mol. The largest absolute Gasteiger partial charge is 0.409 e. The topological polar surface area (TPSA) is 98.4 Å². The molecule has 0 aliphatic carbocycles. The smallest absolute Gasteiger partial charge is 0.262 e. The van der Waals surface area contributed by atoms with Gasteiger partial charge in [-0.3, -0.25) is 9.48 Å². The van der Waals surface area contributed by atoms with Crippen LogP contribution in [0.2, 0.25) is 0 Å². The summed E-state index contributed by atoms with van der Waals surface area (Å²) in [6, 6.07) is 5.23. The molecule has 0 unspecified atom stereocenters. The molecule has 3 N–H and O–H groups in total. The zero-order valence-electron chi connectivity index (χ0n) is 11.7. The van der Waals surface area contributed by atoms with Gasteiger partial charge in [0.25, 0.3) is 5.56 Å². The lowest BCUT2D eigenvalue weighted by Crippen LogP contribution is -2.31. The van der Waals surface area contributed by atoms with Gasteiger partial charge < -0.3 is 15.5 Å². The molecule has 0 fully saturated rings. The van der Waals surface area contributed by atoms with Gasteiger partial charge in [-0.2, -0.15) is 5.10 Å². The zero-order valence-corrected chi connectivity index (χ0v) is 11.7. The summed E-state index contributed by atoms with van der Waals surface area (Å²) in [5.74, 6) is -0.190. The Kier molecular flexibility index (Phi) is 3.60. The number of rotatable bonds is 3. The van der Waals surface area contributed by atoms with Crippen LogP contribution in [0.5, 0.6) is 0 Å². The summed E-state index contributed by atoms with van der Waals surface area (Å²) in [5.41, 5.74) is 7.99. The molecule has 0 bridgehead atoms. The van der Waals surface area contributed by atoms with Crippen molar-refractivity contribution in [1.29, 1.82) is 0 Å². The lowest BCUT2D eigenvalue weighted by molar-refractivity contribution is 0.318. The van der Waals surface area contributed by atoms with Crippen LogP contribution in [0.15, 0.2) is 28.1 Å². The van der Waals surface area contributed by atoms with Gasteiger partial charge in [-0.05, 0) is 32.0 Å². The third-order valence-electron chi connectivity index (χ3n) is 3.20. The van der Waals surface area contributed by atoms with Gasteiger partial charge in [-0.25, -0.2) is 0 Å². The fourth-order valence-electron chi connectivity index (χ4n) is 2.09. The number of nitrogens with zero attached hydrogens (tertiary/aromatic N) is 4. The first kappa shape index (κ1) is 13.9. The van der Waals surface area contributed by atoms with E-state index in [1.165, 1.54) is 0 Å². The number of pyridine rings is 1. The van der Waals surface area contributed by atoms with Crippen molar-refractivity contribution in [2.45, 2.75) is 20.4 Å². The predicted octanol–water partition coefficient (Wildman–Crippen LogP) is 0.341. The molecule has 2 rings (SSSR count). The molecule has 7 heteroatoms. The van der Waals surface area contributed by atoms with Gasteiger partial charge in [-0.15, -0.1) is 0 Å². The number of hydrogen-bond donors (Lipinski definition) is 2. The summed E-state index contributed by atoms with van der Waals surface area (Å²) < 4.78 is 3.31. The molecule has 7 nitrogen and oxygen atoms in total. The second-order valence-corrected chi connectivity index (χ2v) is 4.67. The van der Waals surface area contributed by atoms with Crippen LogP contribution >= 0.6 is 0 Å². The van der Waals surface area contributed by atoms with Crippen molar-refractivity contribution in [2.75, 3.05) is 0 Å². The molecule has 0 aliphatic heterocycles. The van der Waals surface area contributed by atoms with Crippen LogP contribution in [0.4, 0.5) is 0 Å². The summed E-state index contributed by atoms with van der Waals surface area (Å²) in [4.78, 5) is 12.4. The molecular formula is C13H17N5O2. The van der Waals surface area contributed by atoms with Crippen molar-refractivity contribution in [3.63, 3.8) is 0 Å². The Morgan fingerprint density at radius 1 is 1.45 bits per heavy atom. The molecule has 0 aliphatic rings. The van der Waals surface area contributed by atoms with Crippen molar-refractivity contribution >= 4 is 5.84 Å². The quantitative estimate of drug-likeness (QED) is 0.365. The van der Waals surface area contributed by atoms with Crippen molar-refractivity contribution in [3.8, 4) is 0 Å². The van der Waals surface area contributed by atoms with Gasteiger partial charge in [0, 0.05) is 12.7 Å². The van der Waals surface area contributed by atoms with Gasteiger partial charge in [0.1, 0.15) is 0 Å². The third-order valence-corrected chi connectivity index (χ3v) is 3.20. The summed E-state index contributed by atoms with van der Waals surface area (Å²) in [5, 5.41) is 15.8. The van der Waals surface area contributed by atoms with E-state index in [9.17, 15) is 4.79 Å². The molecule has 0 spiro atoms. The van der Waals surface area contributed by atoms with E-state index < -0.39 is 0 Å². The number of hydrogen-bond acceptors (Lipinski definition) is 4. The van der Waals surface area contributed by atoms with Crippen molar-refractivity contribution < 1.29 is 5.21 Å². The predicted molar refractivity (Wildman–Crippen MR) is 75.0 cm³/mol. The molecule has 2 aromatic heterocycles. The first-order valence-corrected chi connectivity index (χ1v) is 6.12. The average molecular weight is 275 g/mol. The Balaban J connectivity index is 2.52. The van der Waals surface area contributed by atoms with E-state index in [1.807, 2.05) is 27.0 Å². The van der Waals surface area contributed by atoms with Crippen LogP contribution in [0.3, 0.4) is 0 Å². The highest BCUT2D eigenvalue weighted by molar-refractivity contribution is 5.96. The van der Waals surface area contributed by atoms with Crippen molar-refractivity contribution in [1.82, 2.24) is 14.3 Å². The molecule has 20 heavy (non-hydrogen) atoms. The Morgan fingerprint density at radius 3 is 2.70 bits per heavy atom. The first-order valence-electron chi connectivity index (χ1n) is 6.12. The summed E-state index contributed by atoms with van der Waals surface area (Å²) in [7, 11) is 1.83. The highest BCUT2D eigenvalue weighted by Crippen LogP contribution is 2.06. The first-order chi connectivity index (χ1) is 9.43. The van der Waals surface area contributed by atoms with Gasteiger partial charge in [0.05, 0.1) is 23.5 Å². The highest BCUT2D eigenvalue weighted by atomic mass is 16.4. The van der Waals surface area contributed by atoms with E-state index in [-0.39, 0.29) is 17.0 Å². The lowest BCUT2D eigenvalue weighted by Gasteiger charge is -2.11. The fourth-order valence-corrected chi connectivity index (χ4v) is 2.09. The molecule has 0 saturated heterocycles. The van der Waals surface area contributed by atoms with E-state index in [4.69, 9.17) is 10.9 Å². The number of nitrogens with two attached hydrogens (primary N) is 1. The standard InChI is InChI=1S/C13H17N5O2/c1-8-6-10(17(3)15-8)7-18-9(2)4-5-11(13(18)19)12(14)16-20/h4-6,20H,7H2,1-3H3,(H2,14,16). The Hall–Kier alpha value is -2.57. The number of amidine groups is 1. The molecule has 106 valence electrons. The van der Waals surface area contributed by atoms with Crippen LogP contribution in [0.25, 0.3) is 0 Å². The SMILES string of the molecule is Cc1cc(Cn2c(C)ccc(/C(N)=N/O)c2=O)n(C)n1. The van der Waals surface area contributed by atoms with Crippen LogP contribution < -0.4 is 11.3 Å². The molecule has 0 amide bonds. The number of oxime groups is 1. The molecule has 0 aromatic carbocycles. The summed E-state index contributed by atoms with van der Waals surface area (Å²) in [6.07, 6.45) is 0. The second-order valence-electron chi connectivity index (χ2n) is 4.67.